The van der Waals surface area contributed by atoms with Crippen molar-refractivity contribution in [1.82, 2.24) is 4.98 Å². The normalized spacial score (nSPS) is 15.4. The average molecular weight is 346 g/mol. The number of hydrogen-bond acceptors (Lipinski definition) is 3. The molecule has 0 N–H and O–H groups in total. The summed E-state index contributed by atoms with van der Waals surface area (Å²) in [6.07, 6.45) is 3.65. The second-order valence-electron chi connectivity index (χ2n) is 7.30. The minimum absolute atomic E-state index is 0.773. The number of fused-ring (bicyclic) bond motifs is 1. The Morgan fingerprint density at radius 2 is 1.81 bits per heavy atom. The molecule has 0 bridgehead atoms. The first-order chi connectivity index (χ1) is 12.7. The van der Waals surface area contributed by atoms with E-state index in [1.807, 2.05) is 12.1 Å². The number of aryl methyl sites for hydroxylation is 1. The molecule has 0 amide bonds. The van der Waals surface area contributed by atoms with Gasteiger partial charge in [0.1, 0.15) is 11.6 Å². The van der Waals surface area contributed by atoms with Gasteiger partial charge in [-0.1, -0.05) is 30.3 Å². The van der Waals surface area contributed by atoms with Gasteiger partial charge in [-0.15, -0.1) is 0 Å². The standard InChI is InChI=1S/C23H26N2O/c1-17-14-23(24-22-16-20(26-2)8-9-21(17)22)25-12-10-19(11-13-25)15-18-6-4-3-5-7-18/h3-9,14,16,19H,10-13,15H2,1-2H3. The zero-order valence-electron chi connectivity index (χ0n) is 15.6. The number of ether oxygens (including phenoxy) is 1. The number of methoxy groups -OCH3 is 1. The molecule has 2 aromatic carbocycles. The summed E-state index contributed by atoms with van der Waals surface area (Å²) in [6.45, 7) is 4.33. The summed E-state index contributed by atoms with van der Waals surface area (Å²) < 4.78 is 5.36. The molecule has 3 aromatic rings. The highest BCUT2D eigenvalue weighted by atomic mass is 16.5. The fourth-order valence-corrected chi connectivity index (χ4v) is 3.97. The van der Waals surface area contributed by atoms with Crippen LogP contribution in [0, 0.1) is 12.8 Å². The molecule has 1 aliphatic rings. The second kappa shape index (κ2) is 7.36. The number of rotatable bonds is 4. The maximum atomic E-state index is 5.36. The Morgan fingerprint density at radius 1 is 1.04 bits per heavy atom. The van der Waals surface area contributed by atoms with Crippen molar-refractivity contribution in [2.24, 2.45) is 5.92 Å². The molecule has 4 rings (SSSR count). The number of benzene rings is 2. The smallest absolute Gasteiger partial charge is 0.129 e. The van der Waals surface area contributed by atoms with E-state index in [2.05, 4.69) is 54.3 Å². The highest BCUT2D eigenvalue weighted by Gasteiger charge is 2.21. The van der Waals surface area contributed by atoms with Crippen molar-refractivity contribution in [1.29, 1.82) is 0 Å². The molecular formula is C23H26N2O. The first-order valence-corrected chi connectivity index (χ1v) is 9.47. The quantitative estimate of drug-likeness (QED) is 0.664. The fourth-order valence-electron chi connectivity index (χ4n) is 3.97. The Bertz CT molecular complexity index is 883. The van der Waals surface area contributed by atoms with E-state index in [1.165, 1.54) is 35.8 Å². The van der Waals surface area contributed by atoms with Crippen molar-refractivity contribution < 1.29 is 4.74 Å². The van der Waals surface area contributed by atoms with Crippen LogP contribution in [0.3, 0.4) is 0 Å². The number of aromatic nitrogens is 1. The number of pyridine rings is 1. The third-order valence-electron chi connectivity index (χ3n) is 5.52. The van der Waals surface area contributed by atoms with Crippen LogP contribution >= 0.6 is 0 Å². The van der Waals surface area contributed by atoms with Crippen molar-refractivity contribution in [2.75, 3.05) is 25.1 Å². The minimum Gasteiger partial charge on any atom is -0.497 e. The molecule has 0 unspecified atom stereocenters. The predicted molar refractivity (Wildman–Crippen MR) is 108 cm³/mol. The summed E-state index contributed by atoms with van der Waals surface area (Å²) >= 11 is 0. The lowest BCUT2D eigenvalue weighted by Gasteiger charge is -2.33. The Kier molecular flexibility index (Phi) is 4.79. The molecule has 0 saturated carbocycles. The van der Waals surface area contributed by atoms with Crippen LogP contribution in [0.4, 0.5) is 5.82 Å². The molecule has 3 heteroatoms. The molecule has 2 heterocycles. The largest absolute Gasteiger partial charge is 0.497 e. The van der Waals surface area contributed by atoms with Crippen LogP contribution in [0.25, 0.3) is 10.9 Å². The molecule has 0 atom stereocenters. The molecule has 1 aliphatic heterocycles. The summed E-state index contributed by atoms with van der Waals surface area (Å²) in [5.41, 5.74) is 3.75. The van der Waals surface area contributed by atoms with Crippen molar-refractivity contribution in [2.45, 2.75) is 26.2 Å². The Hall–Kier alpha value is -2.55. The van der Waals surface area contributed by atoms with Gasteiger partial charge in [0, 0.05) is 24.5 Å². The molecule has 0 aliphatic carbocycles. The third-order valence-corrected chi connectivity index (χ3v) is 5.52. The van der Waals surface area contributed by atoms with Crippen molar-refractivity contribution in [3.8, 4) is 5.75 Å². The number of nitrogens with zero attached hydrogens (tertiary/aromatic N) is 2. The Balaban J connectivity index is 1.48. The van der Waals surface area contributed by atoms with Crippen LogP contribution < -0.4 is 9.64 Å². The van der Waals surface area contributed by atoms with Crippen LogP contribution in [0.15, 0.2) is 54.6 Å². The molecule has 1 fully saturated rings. The van der Waals surface area contributed by atoms with E-state index >= 15 is 0 Å². The lowest BCUT2D eigenvalue weighted by molar-refractivity contribution is 0.402. The van der Waals surface area contributed by atoms with Crippen molar-refractivity contribution in [3.05, 3.63) is 65.7 Å². The van der Waals surface area contributed by atoms with Gasteiger partial charge < -0.3 is 9.64 Å². The van der Waals surface area contributed by atoms with E-state index in [-0.39, 0.29) is 0 Å². The van der Waals surface area contributed by atoms with Gasteiger partial charge >= 0.3 is 0 Å². The van der Waals surface area contributed by atoms with Gasteiger partial charge in [0.25, 0.3) is 0 Å². The topological polar surface area (TPSA) is 25.4 Å². The first kappa shape index (κ1) is 16.9. The maximum absolute atomic E-state index is 5.36. The minimum atomic E-state index is 0.773. The SMILES string of the molecule is COc1ccc2c(C)cc(N3CCC(Cc4ccccc4)CC3)nc2c1. The molecule has 26 heavy (non-hydrogen) atoms. The molecule has 1 aromatic heterocycles. The van der Waals surface area contributed by atoms with E-state index in [9.17, 15) is 0 Å². The first-order valence-electron chi connectivity index (χ1n) is 9.47. The molecule has 3 nitrogen and oxygen atoms in total. The van der Waals surface area contributed by atoms with Crippen LogP contribution in [0.1, 0.15) is 24.0 Å². The highest BCUT2D eigenvalue weighted by Crippen LogP contribution is 2.29. The van der Waals surface area contributed by atoms with Gasteiger partial charge in [0.15, 0.2) is 0 Å². The van der Waals surface area contributed by atoms with Crippen LogP contribution in [-0.4, -0.2) is 25.2 Å². The van der Waals surface area contributed by atoms with Gasteiger partial charge in [0.05, 0.1) is 12.6 Å². The third kappa shape index (κ3) is 3.52. The van der Waals surface area contributed by atoms with Gasteiger partial charge in [-0.05, 0) is 61.4 Å². The molecule has 0 spiro atoms. The second-order valence-corrected chi connectivity index (χ2v) is 7.30. The van der Waals surface area contributed by atoms with Crippen LogP contribution in [0.2, 0.25) is 0 Å². The molecule has 134 valence electrons. The van der Waals surface area contributed by atoms with E-state index < -0.39 is 0 Å². The van der Waals surface area contributed by atoms with E-state index in [1.54, 1.807) is 7.11 Å². The Morgan fingerprint density at radius 3 is 2.54 bits per heavy atom. The van der Waals surface area contributed by atoms with E-state index in [0.29, 0.717) is 0 Å². The van der Waals surface area contributed by atoms with Gasteiger partial charge in [0.2, 0.25) is 0 Å². The maximum Gasteiger partial charge on any atom is 0.129 e. The summed E-state index contributed by atoms with van der Waals surface area (Å²) in [6, 6.07) is 19.2. The number of anilines is 1. The fraction of sp³-hybridized carbons (Fsp3) is 0.348. The van der Waals surface area contributed by atoms with Gasteiger partial charge in [-0.2, -0.15) is 0 Å². The van der Waals surface area contributed by atoms with Crippen molar-refractivity contribution >= 4 is 16.7 Å². The molecule has 1 saturated heterocycles. The van der Waals surface area contributed by atoms with Gasteiger partial charge in [-0.25, -0.2) is 4.98 Å². The Labute approximate surface area is 155 Å². The van der Waals surface area contributed by atoms with Crippen LogP contribution in [0.5, 0.6) is 5.75 Å². The molecule has 0 radical (unpaired) electrons. The van der Waals surface area contributed by atoms with E-state index in [0.717, 1.165) is 36.1 Å². The summed E-state index contributed by atoms with van der Waals surface area (Å²) in [7, 11) is 1.70. The van der Waals surface area contributed by atoms with E-state index in [4.69, 9.17) is 9.72 Å². The van der Waals surface area contributed by atoms with Crippen LogP contribution in [-0.2, 0) is 6.42 Å². The summed E-state index contributed by atoms with van der Waals surface area (Å²) in [4.78, 5) is 7.36. The number of piperidine rings is 1. The highest BCUT2D eigenvalue weighted by molar-refractivity contribution is 5.85. The lowest BCUT2D eigenvalue weighted by atomic mass is 9.90. The monoisotopic (exact) mass is 346 g/mol. The van der Waals surface area contributed by atoms with Crippen molar-refractivity contribution in [3.63, 3.8) is 0 Å². The summed E-state index contributed by atoms with van der Waals surface area (Å²) in [5, 5.41) is 1.20. The summed E-state index contributed by atoms with van der Waals surface area (Å²) in [5.74, 6) is 2.74. The molecular weight excluding hydrogens is 320 g/mol. The average Bonchev–Trinajstić information content (AvgIpc) is 2.69. The van der Waals surface area contributed by atoms with Gasteiger partial charge in [-0.3, -0.25) is 0 Å². The lowest BCUT2D eigenvalue weighted by Crippen LogP contribution is -2.34. The number of hydrogen-bond donors (Lipinski definition) is 0. The predicted octanol–water partition coefficient (Wildman–Crippen LogP) is 5.01. The zero-order valence-corrected chi connectivity index (χ0v) is 15.6. The zero-order chi connectivity index (χ0) is 17.9.